The van der Waals surface area contributed by atoms with Crippen LogP contribution in [0, 0.1) is 0 Å². The van der Waals surface area contributed by atoms with Crippen LogP contribution in [0.25, 0.3) is 88.0 Å². The van der Waals surface area contributed by atoms with Gasteiger partial charge in [-0.3, -0.25) is 0 Å². The molecule has 0 saturated carbocycles. The second kappa shape index (κ2) is 13.0. The van der Waals surface area contributed by atoms with Gasteiger partial charge in [-0.05, 0) is 108 Å². The molecule has 0 unspecified atom stereocenters. The van der Waals surface area contributed by atoms with E-state index in [1.165, 1.54) is 96.5 Å². The van der Waals surface area contributed by atoms with Gasteiger partial charge in [-0.1, -0.05) is 195 Å². The third kappa shape index (κ3) is 5.09. The van der Waals surface area contributed by atoms with Gasteiger partial charge >= 0.3 is 0 Å². The number of rotatable bonds is 5. The normalized spacial score (nSPS) is 15.3. The van der Waals surface area contributed by atoms with Gasteiger partial charge in [0.1, 0.15) is 19.2 Å². The Morgan fingerprint density at radius 3 is 1.64 bits per heavy atom. The number of benzene rings is 9. The Hall–Kier alpha value is -6.48. The Morgan fingerprint density at radius 1 is 0.407 bits per heavy atom. The SMILES string of the molecule is CC1(C)c2ccccc2-c2ccc(-c3c4ccccc4c(-c4cc(-c5ccc([Si]6(c7ccccc7)CCCC6)cc5)c5oc6ccccc6c5c4)c4ccccc34)cc21. The minimum absolute atomic E-state index is 0.0771. The molecule has 1 saturated heterocycles. The van der Waals surface area contributed by atoms with Crippen molar-refractivity contribution in [1.82, 2.24) is 0 Å². The quantitative estimate of drug-likeness (QED) is 0.125. The van der Waals surface area contributed by atoms with E-state index in [1.54, 1.807) is 10.4 Å². The van der Waals surface area contributed by atoms with Crippen LogP contribution in [-0.2, 0) is 5.41 Å². The summed E-state index contributed by atoms with van der Waals surface area (Å²) in [6, 6.07) is 71.3. The maximum absolute atomic E-state index is 6.79. The highest BCUT2D eigenvalue weighted by Gasteiger charge is 2.40. The highest BCUT2D eigenvalue weighted by Crippen LogP contribution is 2.52. The van der Waals surface area contributed by atoms with E-state index in [4.69, 9.17) is 4.42 Å². The lowest BCUT2D eigenvalue weighted by molar-refractivity contribution is 0.660. The summed E-state index contributed by atoms with van der Waals surface area (Å²) in [6.45, 7) is 4.75. The van der Waals surface area contributed by atoms with Crippen LogP contribution < -0.4 is 10.4 Å². The van der Waals surface area contributed by atoms with Crippen LogP contribution in [0.4, 0.5) is 0 Å². The van der Waals surface area contributed by atoms with Crippen LogP contribution in [0.5, 0.6) is 0 Å². The van der Waals surface area contributed by atoms with E-state index in [1.807, 2.05) is 0 Å². The number of para-hydroxylation sites is 1. The standard InChI is InChI=1S/C57H44OSi/c1-57(2)51-24-12-10-18-42(51)43-31-28-38(36-52(43)57)54-45-20-6-8-22-47(45)55(48-23-9-7-21-46(48)54)39-34-49(56-50(35-39)44-19-11-13-25-53(44)58-56)37-26-29-41(30-27-37)59(32-14-15-33-59)40-16-4-3-5-17-40/h3-13,16-31,34-36H,14-15,32-33H2,1-2H3. The number of hydrogen-bond acceptors (Lipinski definition) is 1. The Balaban J connectivity index is 1.08. The maximum atomic E-state index is 6.79. The predicted octanol–water partition coefficient (Wildman–Crippen LogP) is 14.6. The first-order chi connectivity index (χ1) is 29.0. The average Bonchev–Trinajstić information content (AvgIpc) is 4.00. The summed E-state index contributed by atoms with van der Waals surface area (Å²) in [4.78, 5) is 0. The average molecular weight is 773 g/mol. The fourth-order valence-electron chi connectivity index (χ4n) is 11.2. The summed E-state index contributed by atoms with van der Waals surface area (Å²) in [5.74, 6) is 0. The number of furan rings is 1. The van der Waals surface area contributed by atoms with Crippen LogP contribution in [0.1, 0.15) is 37.8 Å². The molecule has 1 aliphatic carbocycles. The molecule has 59 heavy (non-hydrogen) atoms. The van der Waals surface area contributed by atoms with Gasteiger partial charge in [0, 0.05) is 21.8 Å². The summed E-state index contributed by atoms with van der Waals surface area (Å²) in [7, 11) is -1.80. The van der Waals surface area contributed by atoms with Gasteiger partial charge in [-0.15, -0.1) is 0 Å². The summed E-state index contributed by atoms with van der Waals surface area (Å²) >= 11 is 0. The third-order valence-electron chi connectivity index (χ3n) is 14.1. The van der Waals surface area contributed by atoms with Crippen LogP contribution in [0.2, 0.25) is 12.1 Å². The fraction of sp³-hybridized carbons (Fsp3) is 0.123. The van der Waals surface area contributed by atoms with E-state index in [9.17, 15) is 0 Å². The van der Waals surface area contributed by atoms with Crippen molar-refractivity contribution >= 4 is 61.9 Å². The van der Waals surface area contributed by atoms with Gasteiger partial charge in [0.25, 0.3) is 0 Å². The van der Waals surface area contributed by atoms with Gasteiger partial charge in [0.2, 0.25) is 0 Å². The molecule has 12 rings (SSSR count). The zero-order valence-electron chi connectivity index (χ0n) is 33.6. The zero-order valence-corrected chi connectivity index (χ0v) is 34.6. The number of fused-ring (bicyclic) bond motifs is 8. The van der Waals surface area contributed by atoms with Crippen molar-refractivity contribution in [3.63, 3.8) is 0 Å². The van der Waals surface area contributed by atoms with Crippen LogP contribution in [-0.4, -0.2) is 8.07 Å². The van der Waals surface area contributed by atoms with Crippen molar-refractivity contribution in [2.24, 2.45) is 0 Å². The molecule has 282 valence electrons. The maximum Gasteiger partial charge on any atom is 0.143 e. The summed E-state index contributed by atoms with van der Waals surface area (Å²) < 4.78 is 6.79. The van der Waals surface area contributed by atoms with Crippen molar-refractivity contribution in [3.8, 4) is 44.5 Å². The highest BCUT2D eigenvalue weighted by molar-refractivity contribution is 7.02. The summed E-state index contributed by atoms with van der Waals surface area (Å²) in [5.41, 5.74) is 14.7. The Kier molecular flexibility index (Phi) is 7.62. The molecule has 1 aromatic heterocycles. The first kappa shape index (κ1) is 34.5. The van der Waals surface area contributed by atoms with Crippen LogP contribution >= 0.6 is 0 Å². The smallest absolute Gasteiger partial charge is 0.143 e. The Morgan fingerprint density at radius 2 is 0.949 bits per heavy atom. The molecule has 2 heteroatoms. The molecule has 0 N–H and O–H groups in total. The van der Waals surface area contributed by atoms with Gasteiger partial charge in [0.05, 0.1) is 0 Å². The second-order valence-corrected chi connectivity index (χ2v) is 21.8. The second-order valence-electron chi connectivity index (χ2n) is 17.5. The van der Waals surface area contributed by atoms with Gasteiger partial charge in [-0.2, -0.15) is 0 Å². The lowest BCUT2D eigenvalue weighted by atomic mass is 9.80. The van der Waals surface area contributed by atoms with E-state index in [0.29, 0.717) is 0 Å². The van der Waals surface area contributed by atoms with Crippen molar-refractivity contribution in [2.45, 2.75) is 44.2 Å². The Labute approximate surface area is 346 Å². The number of hydrogen-bond donors (Lipinski definition) is 0. The topological polar surface area (TPSA) is 13.1 Å². The van der Waals surface area contributed by atoms with E-state index in [0.717, 1.165) is 27.5 Å². The van der Waals surface area contributed by atoms with Gasteiger partial charge in [0.15, 0.2) is 0 Å². The molecule has 0 spiro atoms. The fourth-order valence-corrected chi connectivity index (χ4v) is 16.3. The molecule has 0 bridgehead atoms. The minimum atomic E-state index is -1.80. The minimum Gasteiger partial charge on any atom is -0.455 e. The van der Waals surface area contributed by atoms with Crippen molar-refractivity contribution in [1.29, 1.82) is 0 Å². The lowest BCUT2D eigenvalue weighted by Gasteiger charge is -2.28. The molecule has 1 nitrogen and oxygen atoms in total. The summed E-state index contributed by atoms with van der Waals surface area (Å²) in [5, 5.41) is 10.5. The van der Waals surface area contributed by atoms with Crippen molar-refractivity contribution in [2.75, 3.05) is 0 Å². The molecule has 1 fully saturated rings. The van der Waals surface area contributed by atoms with E-state index in [-0.39, 0.29) is 5.41 Å². The molecule has 1 aliphatic heterocycles. The van der Waals surface area contributed by atoms with Crippen molar-refractivity contribution in [3.05, 3.63) is 193 Å². The van der Waals surface area contributed by atoms with Crippen LogP contribution in [0.3, 0.4) is 0 Å². The predicted molar refractivity (Wildman–Crippen MR) is 253 cm³/mol. The van der Waals surface area contributed by atoms with E-state index in [2.05, 4.69) is 196 Å². The molecule has 0 radical (unpaired) electrons. The molecule has 2 heterocycles. The van der Waals surface area contributed by atoms with Gasteiger partial charge < -0.3 is 4.42 Å². The molecule has 2 aliphatic rings. The lowest BCUT2D eigenvalue weighted by Crippen LogP contribution is -2.55. The first-order valence-electron chi connectivity index (χ1n) is 21.3. The largest absolute Gasteiger partial charge is 0.455 e. The molecule has 0 atom stereocenters. The van der Waals surface area contributed by atoms with E-state index >= 15 is 0 Å². The Bertz CT molecular complexity index is 3230. The zero-order chi connectivity index (χ0) is 39.3. The van der Waals surface area contributed by atoms with E-state index < -0.39 is 8.07 Å². The molecule has 10 aromatic rings. The van der Waals surface area contributed by atoms with Crippen molar-refractivity contribution < 1.29 is 4.42 Å². The third-order valence-corrected chi connectivity index (χ3v) is 19.4. The molecular formula is C57H44OSi. The van der Waals surface area contributed by atoms with Gasteiger partial charge in [-0.25, -0.2) is 0 Å². The van der Waals surface area contributed by atoms with Crippen LogP contribution in [0.15, 0.2) is 186 Å². The molecular weight excluding hydrogens is 729 g/mol. The first-order valence-corrected chi connectivity index (χ1v) is 23.7. The molecule has 9 aromatic carbocycles. The summed E-state index contributed by atoms with van der Waals surface area (Å²) in [6.07, 6.45) is 2.65. The highest BCUT2D eigenvalue weighted by atomic mass is 28.3. The molecule has 0 amide bonds. The monoisotopic (exact) mass is 772 g/mol.